The normalized spacial score (nSPS) is 11.1. The molecule has 0 amide bonds. The first-order valence-electron chi connectivity index (χ1n) is 7.18. The predicted octanol–water partition coefficient (Wildman–Crippen LogP) is 3.41. The monoisotopic (exact) mass is 295 g/mol. The summed E-state index contributed by atoms with van der Waals surface area (Å²) in [5, 5.41) is 0. The fourth-order valence-electron chi connectivity index (χ4n) is 1.70. The summed E-state index contributed by atoms with van der Waals surface area (Å²) < 4.78 is 16.5. The minimum Gasteiger partial charge on any atom is -0.489 e. The van der Waals surface area contributed by atoms with Gasteiger partial charge in [-0.3, -0.25) is 0 Å². The minimum absolute atomic E-state index is 0.0597. The quantitative estimate of drug-likeness (QED) is 0.643. The molecule has 21 heavy (non-hydrogen) atoms. The van der Waals surface area contributed by atoms with Gasteiger partial charge >= 0.3 is 5.97 Å². The Balaban J connectivity index is 3.21. The van der Waals surface area contributed by atoms with Crippen LogP contribution in [0.2, 0.25) is 0 Å². The van der Waals surface area contributed by atoms with Crippen LogP contribution in [-0.2, 0) is 4.74 Å². The van der Waals surface area contributed by atoms with Crippen molar-refractivity contribution < 1.29 is 19.0 Å². The Bertz CT molecular complexity index is 464. The second kappa shape index (κ2) is 7.20. The summed E-state index contributed by atoms with van der Waals surface area (Å²) in [5.74, 6) is 0.435. The molecule has 0 saturated carbocycles. The minimum atomic E-state index is -0.424. The van der Waals surface area contributed by atoms with E-state index >= 15 is 0 Å². The van der Waals surface area contributed by atoms with Crippen LogP contribution in [0, 0.1) is 0 Å². The lowest BCUT2D eigenvalue weighted by molar-refractivity contribution is 0.0376. The molecular formula is C16H25NO4. The lowest BCUT2D eigenvalue weighted by Gasteiger charge is -2.18. The van der Waals surface area contributed by atoms with Gasteiger partial charge in [-0.15, -0.1) is 0 Å². The highest BCUT2D eigenvalue weighted by Crippen LogP contribution is 2.35. The van der Waals surface area contributed by atoms with E-state index in [-0.39, 0.29) is 18.3 Å². The standard InChI is InChI=1S/C16H25NO4/c1-9(2)19-13-7-12(16(18)21-11(5)6)8-14(15(13)17)20-10(3)4/h7-11H,17H2,1-6H3. The van der Waals surface area contributed by atoms with Crippen LogP contribution in [0.3, 0.4) is 0 Å². The largest absolute Gasteiger partial charge is 0.489 e. The third-order valence-corrected chi connectivity index (χ3v) is 2.41. The Morgan fingerprint density at radius 2 is 1.33 bits per heavy atom. The van der Waals surface area contributed by atoms with Crippen LogP contribution in [0.4, 0.5) is 5.69 Å². The molecule has 0 saturated heterocycles. The number of benzene rings is 1. The Morgan fingerprint density at radius 3 is 1.67 bits per heavy atom. The van der Waals surface area contributed by atoms with Crippen molar-refractivity contribution in [3.63, 3.8) is 0 Å². The fraction of sp³-hybridized carbons (Fsp3) is 0.562. The molecule has 0 fully saturated rings. The topological polar surface area (TPSA) is 70.8 Å². The van der Waals surface area contributed by atoms with Crippen molar-refractivity contribution in [1.82, 2.24) is 0 Å². The number of nitrogens with two attached hydrogens (primary N) is 1. The average Bonchev–Trinajstić information content (AvgIpc) is 2.31. The summed E-state index contributed by atoms with van der Waals surface area (Å²) in [7, 11) is 0. The number of carbonyl (C=O) groups is 1. The summed E-state index contributed by atoms with van der Waals surface area (Å²) in [4.78, 5) is 12.1. The third-order valence-electron chi connectivity index (χ3n) is 2.41. The summed E-state index contributed by atoms with van der Waals surface area (Å²) in [6, 6.07) is 3.18. The first-order valence-corrected chi connectivity index (χ1v) is 7.18. The zero-order valence-electron chi connectivity index (χ0n) is 13.6. The molecule has 0 heterocycles. The number of hydrogen-bond acceptors (Lipinski definition) is 5. The number of nitrogen functional groups attached to an aromatic ring is 1. The summed E-state index contributed by atoms with van der Waals surface area (Å²) >= 11 is 0. The second-order valence-electron chi connectivity index (χ2n) is 5.67. The average molecular weight is 295 g/mol. The van der Waals surface area contributed by atoms with Gasteiger partial charge in [0.15, 0.2) is 0 Å². The van der Waals surface area contributed by atoms with Gasteiger partial charge in [0.1, 0.15) is 17.2 Å². The van der Waals surface area contributed by atoms with E-state index in [1.54, 1.807) is 26.0 Å². The molecule has 0 unspecified atom stereocenters. The molecule has 1 rings (SSSR count). The van der Waals surface area contributed by atoms with E-state index in [0.29, 0.717) is 22.7 Å². The van der Waals surface area contributed by atoms with E-state index < -0.39 is 5.97 Å². The van der Waals surface area contributed by atoms with Gasteiger partial charge in [-0.1, -0.05) is 0 Å². The second-order valence-corrected chi connectivity index (χ2v) is 5.67. The zero-order valence-corrected chi connectivity index (χ0v) is 13.6. The van der Waals surface area contributed by atoms with Crippen LogP contribution < -0.4 is 15.2 Å². The van der Waals surface area contributed by atoms with Gasteiger partial charge in [-0.05, 0) is 53.7 Å². The number of anilines is 1. The molecule has 0 aliphatic carbocycles. The highest BCUT2D eigenvalue weighted by molar-refractivity contribution is 5.92. The fourth-order valence-corrected chi connectivity index (χ4v) is 1.70. The molecule has 0 spiro atoms. The van der Waals surface area contributed by atoms with Crippen molar-refractivity contribution in [3.8, 4) is 11.5 Å². The number of rotatable bonds is 6. The van der Waals surface area contributed by atoms with E-state index in [1.807, 2.05) is 27.7 Å². The molecule has 0 aliphatic heterocycles. The van der Waals surface area contributed by atoms with Crippen LogP contribution in [-0.4, -0.2) is 24.3 Å². The summed E-state index contributed by atoms with van der Waals surface area (Å²) in [5.41, 5.74) is 6.80. The van der Waals surface area contributed by atoms with Gasteiger partial charge < -0.3 is 19.9 Å². The van der Waals surface area contributed by atoms with Crippen LogP contribution >= 0.6 is 0 Å². The maximum absolute atomic E-state index is 12.1. The Labute approximate surface area is 126 Å². The molecule has 0 radical (unpaired) electrons. The summed E-state index contributed by atoms with van der Waals surface area (Å²) in [6.07, 6.45) is -0.315. The van der Waals surface area contributed by atoms with E-state index in [2.05, 4.69) is 0 Å². The SMILES string of the molecule is CC(C)OC(=O)c1cc(OC(C)C)c(N)c(OC(C)C)c1. The summed E-state index contributed by atoms with van der Waals surface area (Å²) in [6.45, 7) is 11.2. The van der Waals surface area contributed by atoms with Crippen molar-refractivity contribution in [2.45, 2.75) is 59.9 Å². The zero-order chi connectivity index (χ0) is 16.2. The number of esters is 1. The van der Waals surface area contributed by atoms with Crippen LogP contribution in [0.25, 0.3) is 0 Å². The van der Waals surface area contributed by atoms with Gasteiger partial charge in [-0.2, -0.15) is 0 Å². The molecule has 5 nitrogen and oxygen atoms in total. The number of carbonyl (C=O) groups excluding carboxylic acids is 1. The molecule has 118 valence electrons. The number of ether oxygens (including phenoxy) is 3. The highest BCUT2D eigenvalue weighted by atomic mass is 16.5. The maximum atomic E-state index is 12.1. The molecule has 5 heteroatoms. The van der Waals surface area contributed by atoms with Gasteiger partial charge in [0.05, 0.1) is 23.9 Å². The maximum Gasteiger partial charge on any atom is 0.338 e. The van der Waals surface area contributed by atoms with Gasteiger partial charge in [0, 0.05) is 0 Å². The molecular weight excluding hydrogens is 270 g/mol. The molecule has 0 atom stereocenters. The Hall–Kier alpha value is -1.91. The van der Waals surface area contributed by atoms with Crippen LogP contribution in [0.5, 0.6) is 11.5 Å². The third kappa shape index (κ3) is 5.17. The Morgan fingerprint density at radius 1 is 0.905 bits per heavy atom. The van der Waals surface area contributed by atoms with Gasteiger partial charge in [-0.25, -0.2) is 4.79 Å². The van der Waals surface area contributed by atoms with E-state index in [1.165, 1.54) is 0 Å². The molecule has 0 bridgehead atoms. The smallest absolute Gasteiger partial charge is 0.338 e. The van der Waals surface area contributed by atoms with Gasteiger partial charge in [0.2, 0.25) is 0 Å². The van der Waals surface area contributed by atoms with Crippen LogP contribution in [0.1, 0.15) is 51.9 Å². The highest BCUT2D eigenvalue weighted by Gasteiger charge is 2.18. The van der Waals surface area contributed by atoms with E-state index in [0.717, 1.165) is 0 Å². The Kier molecular flexibility index (Phi) is 5.88. The molecule has 1 aromatic carbocycles. The van der Waals surface area contributed by atoms with E-state index in [9.17, 15) is 4.79 Å². The predicted molar refractivity (Wildman–Crippen MR) is 82.9 cm³/mol. The first-order chi connectivity index (χ1) is 9.70. The van der Waals surface area contributed by atoms with Gasteiger partial charge in [0.25, 0.3) is 0 Å². The van der Waals surface area contributed by atoms with E-state index in [4.69, 9.17) is 19.9 Å². The lowest BCUT2D eigenvalue weighted by atomic mass is 10.1. The molecule has 0 aliphatic rings. The molecule has 1 aromatic rings. The van der Waals surface area contributed by atoms with Crippen molar-refractivity contribution in [1.29, 1.82) is 0 Å². The van der Waals surface area contributed by atoms with Crippen molar-refractivity contribution >= 4 is 11.7 Å². The number of hydrogen-bond donors (Lipinski definition) is 1. The molecule has 2 N–H and O–H groups in total. The van der Waals surface area contributed by atoms with Crippen molar-refractivity contribution in [2.75, 3.05) is 5.73 Å². The van der Waals surface area contributed by atoms with Crippen LogP contribution in [0.15, 0.2) is 12.1 Å². The lowest BCUT2D eigenvalue weighted by Crippen LogP contribution is -2.15. The van der Waals surface area contributed by atoms with Crippen molar-refractivity contribution in [3.05, 3.63) is 17.7 Å². The first kappa shape index (κ1) is 17.1. The molecule has 0 aromatic heterocycles. The van der Waals surface area contributed by atoms with Crippen molar-refractivity contribution in [2.24, 2.45) is 0 Å².